The molecular weight excluding hydrogens is 454 g/mol. The Morgan fingerprint density at radius 3 is 2.50 bits per heavy atom. The maximum Gasteiger partial charge on any atom is 0.342 e. The van der Waals surface area contributed by atoms with E-state index in [9.17, 15) is 14.4 Å². The summed E-state index contributed by atoms with van der Waals surface area (Å²) in [6, 6.07) is 14.3. The van der Waals surface area contributed by atoms with E-state index in [0.717, 1.165) is 10.0 Å². The molecule has 0 heterocycles. The second kappa shape index (κ2) is 12.6. The molecule has 0 unspecified atom stereocenters. The van der Waals surface area contributed by atoms with Crippen LogP contribution in [0.4, 0.5) is 0 Å². The number of esters is 2. The summed E-state index contributed by atoms with van der Waals surface area (Å²) in [6.45, 7) is 2.21. The molecule has 0 saturated heterocycles. The molecule has 160 valence electrons. The van der Waals surface area contributed by atoms with Gasteiger partial charge in [0.15, 0.2) is 6.61 Å². The lowest BCUT2D eigenvalue weighted by atomic mass is 10.2. The summed E-state index contributed by atoms with van der Waals surface area (Å²) in [5, 5.41) is 2.59. The van der Waals surface area contributed by atoms with Crippen molar-refractivity contribution < 1.29 is 28.6 Å². The molecule has 2 rings (SSSR count). The van der Waals surface area contributed by atoms with Gasteiger partial charge in [-0.3, -0.25) is 9.59 Å². The number of carbonyl (C=O) groups is 3. The number of ether oxygens (including phenoxy) is 3. The molecule has 2 aromatic rings. The van der Waals surface area contributed by atoms with Gasteiger partial charge in [0.05, 0.1) is 6.61 Å². The molecule has 8 heteroatoms. The van der Waals surface area contributed by atoms with Crippen molar-refractivity contribution in [1.29, 1.82) is 0 Å². The van der Waals surface area contributed by atoms with E-state index in [1.807, 2.05) is 24.3 Å². The Labute approximate surface area is 183 Å². The van der Waals surface area contributed by atoms with Crippen LogP contribution in [0.25, 0.3) is 0 Å². The highest BCUT2D eigenvalue weighted by Gasteiger charge is 2.15. The van der Waals surface area contributed by atoms with Crippen molar-refractivity contribution in [2.24, 2.45) is 0 Å². The fourth-order valence-electron chi connectivity index (χ4n) is 2.49. The first-order valence-corrected chi connectivity index (χ1v) is 10.3. The molecule has 0 aliphatic carbocycles. The smallest absolute Gasteiger partial charge is 0.342 e. The highest BCUT2D eigenvalue weighted by atomic mass is 79.9. The van der Waals surface area contributed by atoms with Gasteiger partial charge < -0.3 is 19.5 Å². The molecule has 0 atom stereocenters. The number of nitrogens with one attached hydrogen (secondary N) is 1. The monoisotopic (exact) mass is 477 g/mol. The minimum Gasteiger partial charge on any atom is -0.488 e. The van der Waals surface area contributed by atoms with Gasteiger partial charge in [0.25, 0.3) is 5.91 Å². The first-order valence-electron chi connectivity index (χ1n) is 9.56. The third kappa shape index (κ3) is 7.87. The molecule has 7 nitrogen and oxygen atoms in total. The summed E-state index contributed by atoms with van der Waals surface area (Å²) >= 11 is 3.46. The highest BCUT2D eigenvalue weighted by Crippen LogP contribution is 2.22. The molecule has 2 aromatic carbocycles. The maximum absolute atomic E-state index is 12.4. The lowest BCUT2D eigenvalue weighted by Gasteiger charge is -2.12. The van der Waals surface area contributed by atoms with Crippen molar-refractivity contribution in [3.05, 3.63) is 64.1 Å². The Morgan fingerprint density at radius 2 is 1.73 bits per heavy atom. The third-order valence-electron chi connectivity index (χ3n) is 3.97. The van der Waals surface area contributed by atoms with Crippen molar-refractivity contribution in [1.82, 2.24) is 5.32 Å². The summed E-state index contributed by atoms with van der Waals surface area (Å²) < 4.78 is 16.6. The summed E-state index contributed by atoms with van der Waals surface area (Å²) in [6.07, 6.45) is 0.667. The molecule has 1 amide bonds. The fourth-order valence-corrected chi connectivity index (χ4v) is 2.88. The first-order chi connectivity index (χ1) is 14.5. The molecular formula is C22H24BrNO6. The van der Waals surface area contributed by atoms with Gasteiger partial charge in [0.1, 0.15) is 17.9 Å². The van der Waals surface area contributed by atoms with Crippen molar-refractivity contribution >= 4 is 33.8 Å². The summed E-state index contributed by atoms with van der Waals surface area (Å²) in [4.78, 5) is 35.5. The number of para-hydroxylation sites is 1. The summed E-state index contributed by atoms with van der Waals surface area (Å²) in [5.74, 6) is -1.04. The van der Waals surface area contributed by atoms with Crippen molar-refractivity contribution in [3.63, 3.8) is 0 Å². The molecule has 0 bridgehead atoms. The van der Waals surface area contributed by atoms with Crippen molar-refractivity contribution in [2.45, 2.75) is 26.4 Å². The Balaban J connectivity index is 1.80. The lowest BCUT2D eigenvalue weighted by Crippen LogP contribution is -2.30. The second-order valence-electron chi connectivity index (χ2n) is 6.21. The van der Waals surface area contributed by atoms with Gasteiger partial charge in [0.2, 0.25) is 0 Å². The van der Waals surface area contributed by atoms with E-state index < -0.39 is 18.5 Å². The van der Waals surface area contributed by atoms with Crippen LogP contribution in [0.2, 0.25) is 0 Å². The molecule has 0 aliphatic heterocycles. The topological polar surface area (TPSA) is 90.9 Å². The predicted octanol–water partition coefficient (Wildman–Crippen LogP) is 3.64. The van der Waals surface area contributed by atoms with Gasteiger partial charge in [-0.05, 0) is 31.5 Å². The second-order valence-corrected chi connectivity index (χ2v) is 7.07. The lowest BCUT2D eigenvalue weighted by molar-refractivity contribution is -0.143. The number of hydrogen-bond acceptors (Lipinski definition) is 6. The van der Waals surface area contributed by atoms with Gasteiger partial charge >= 0.3 is 11.9 Å². The Morgan fingerprint density at radius 1 is 1.00 bits per heavy atom. The van der Waals surface area contributed by atoms with Crippen LogP contribution in [0.5, 0.6) is 5.75 Å². The number of amides is 1. The molecule has 0 saturated carbocycles. The van der Waals surface area contributed by atoms with E-state index in [4.69, 9.17) is 14.2 Å². The number of hydrogen-bond donors (Lipinski definition) is 1. The fraction of sp³-hybridized carbons (Fsp3) is 0.318. The molecule has 0 aliphatic rings. The third-order valence-corrected chi connectivity index (χ3v) is 4.74. The van der Waals surface area contributed by atoms with Crippen LogP contribution in [-0.2, 0) is 25.7 Å². The van der Waals surface area contributed by atoms with Gasteiger partial charge in [0, 0.05) is 23.0 Å². The maximum atomic E-state index is 12.4. The quantitative estimate of drug-likeness (QED) is 0.392. The predicted molar refractivity (Wildman–Crippen MR) is 114 cm³/mol. The van der Waals surface area contributed by atoms with E-state index in [0.29, 0.717) is 25.3 Å². The average Bonchev–Trinajstić information content (AvgIpc) is 2.75. The number of carbonyl (C=O) groups excluding carboxylic acids is 3. The van der Waals surface area contributed by atoms with Gasteiger partial charge in [-0.2, -0.15) is 0 Å². The van der Waals surface area contributed by atoms with Crippen LogP contribution < -0.4 is 10.1 Å². The number of rotatable bonds is 11. The number of halogens is 1. The Kier molecular flexibility index (Phi) is 9.86. The van der Waals surface area contributed by atoms with Crippen molar-refractivity contribution in [3.8, 4) is 5.75 Å². The number of benzene rings is 2. The zero-order valence-electron chi connectivity index (χ0n) is 16.7. The van der Waals surface area contributed by atoms with E-state index in [2.05, 4.69) is 21.2 Å². The molecule has 0 radical (unpaired) electrons. The minimum absolute atomic E-state index is 0.218. The van der Waals surface area contributed by atoms with Crippen LogP contribution in [-0.4, -0.2) is 37.6 Å². The molecule has 0 fully saturated rings. The zero-order valence-corrected chi connectivity index (χ0v) is 18.3. The average molecular weight is 478 g/mol. The molecule has 0 aromatic heterocycles. The summed E-state index contributed by atoms with van der Waals surface area (Å²) in [7, 11) is 0. The largest absolute Gasteiger partial charge is 0.488 e. The van der Waals surface area contributed by atoms with Gasteiger partial charge in [-0.15, -0.1) is 0 Å². The van der Waals surface area contributed by atoms with E-state index in [-0.39, 0.29) is 24.6 Å². The zero-order chi connectivity index (χ0) is 21.8. The van der Waals surface area contributed by atoms with E-state index in [1.165, 1.54) is 0 Å². The van der Waals surface area contributed by atoms with Crippen molar-refractivity contribution in [2.75, 3.05) is 19.8 Å². The standard InChI is InChI=1S/C22H24BrNO6/c1-2-28-21(26)12-7-13-24-20(25)15-30-22(27)17-9-4-6-11-19(17)29-14-16-8-3-5-10-18(16)23/h3-6,8-11H,2,7,12-15H2,1H3,(H,24,25). The normalized spacial score (nSPS) is 10.2. The van der Waals surface area contributed by atoms with E-state index >= 15 is 0 Å². The van der Waals surface area contributed by atoms with Crippen LogP contribution in [0, 0.1) is 0 Å². The van der Waals surface area contributed by atoms with Crippen LogP contribution >= 0.6 is 15.9 Å². The van der Waals surface area contributed by atoms with Crippen LogP contribution in [0.1, 0.15) is 35.7 Å². The van der Waals surface area contributed by atoms with E-state index in [1.54, 1.807) is 31.2 Å². The van der Waals surface area contributed by atoms with Gasteiger partial charge in [-0.1, -0.05) is 46.3 Å². The Hall–Kier alpha value is -2.87. The Bertz CT molecular complexity index is 870. The molecule has 1 N–H and O–H groups in total. The SMILES string of the molecule is CCOC(=O)CCCNC(=O)COC(=O)c1ccccc1OCc1ccccc1Br. The first kappa shape index (κ1) is 23.4. The summed E-state index contributed by atoms with van der Waals surface area (Å²) in [5.41, 5.74) is 1.17. The molecule has 0 spiro atoms. The highest BCUT2D eigenvalue weighted by molar-refractivity contribution is 9.10. The molecule has 30 heavy (non-hydrogen) atoms. The van der Waals surface area contributed by atoms with Gasteiger partial charge in [-0.25, -0.2) is 4.79 Å². The van der Waals surface area contributed by atoms with Crippen LogP contribution in [0.15, 0.2) is 53.0 Å². The van der Waals surface area contributed by atoms with Crippen LogP contribution in [0.3, 0.4) is 0 Å². The minimum atomic E-state index is -0.653.